The van der Waals surface area contributed by atoms with Crippen molar-refractivity contribution in [3.05, 3.63) is 11.6 Å². The number of allylic oxidation sites excluding steroid dienone is 1. The van der Waals surface area contributed by atoms with Crippen LogP contribution in [0.1, 0.15) is 59.8 Å². The van der Waals surface area contributed by atoms with E-state index in [9.17, 15) is 9.59 Å². The average Bonchev–Trinajstić information content (AvgIpc) is 3.08. The number of unbranched alkanes of at least 4 members (excludes halogenated alkanes) is 1. The molecule has 1 rings (SSSR count). The smallest absolute Gasteiger partial charge is 0.408 e. The number of amides is 1. The highest BCUT2D eigenvalue weighted by molar-refractivity contribution is 5.72. The van der Waals surface area contributed by atoms with E-state index < -0.39 is 29.8 Å². The van der Waals surface area contributed by atoms with Gasteiger partial charge in [-0.1, -0.05) is 19.4 Å². The van der Waals surface area contributed by atoms with Crippen LogP contribution in [0.2, 0.25) is 0 Å². The van der Waals surface area contributed by atoms with E-state index in [0.717, 1.165) is 37.7 Å². The number of hydrogen-bond acceptors (Lipinski definition) is 6. The maximum absolute atomic E-state index is 12.3. The maximum atomic E-state index is 12.3. The van der Waals surface area contributed by atoms with Crippen LogP contribution < -0.4 is 5.32 Å². The summed E-state index contributed by atoms with van der Waals surface area (Å²) in [6, 6.07) is -0.526. The molecule has 1 aliphatic rings. The van der Waals surface area contributed by atoms with Gasteiger partial charge in [-0.05, 0) is 52.0 Å². The van der Waals surface area contributed by atoms with Crippen LogP contribution in [0, 0.1) is 0 Å². The number of nitrogens with one attached hydrogen (secondary N) is 1. The minimum atomic E-state index is -0.619. The van der Waals surface area contributed by atoms with Crippen molar-refractivity contribution >= 4 is 12.1 Å². The summed E-state index contributed by atoms with van der Waals surface area (Å²) < 4.78 is 21.6. The molecule has 1 amide bonds. The molecule has 1 aliphatic carbocycles. The minimum Gasteiger partial charge on any atom is -0.454 e. The Labute approximate surface area is 162 Å². The van der Waals surface area contributed by atoms with E-state index in [1.807, 2.05) is 0 Å². The molecule has 0 radical (unpaired) electrons. The zero-order valence-electron chi connectivity index (χ0n) is 17.3. The van der Waals surface area contributed by atoms with Crippen molar-refractivity contribution in [2.45, 2.75) is 77.5 Å². The molecule has 0 aliphatic heterocycles. The van der Waals surface area contributed by atoms with Gasteiger partial charge < -0.3 is 24.3 Å². The number of hydrogen-bond donors (Lipinski definition) is 1. The Morgan fingerprint density at radius 3 is 2.59 bits per heavy atom. The number of methoxy groups -OCH3 is 1. The van der Waals surface area contributed by atoms with Crippen LogP contribution in [-0.2, 0) is 23.7 Å². The number of carbonyl (C=O) groups excluding carboxylic acids is 2. The van der Waals surface area contributed by atoms with E-state index in [1.165, 1.54) is 7.11 Å². The molecule has 0 bridgehead atoms. The molecule has 0 aromatic heterocycles. The SMILES string of the molecule is CCCCOC[C@H](NC(=O)OC(C)(C)C)[C@H](OC(=O)COC)C1=CCCC1. The van der Waals surface area contributed by atoms with Crippen LogP contribution in [-0.4, -0.2) is 56.7 Å². The molecule has 0 fully saturated rings. The standard InChI is InChI=1S/C20H35NO6/c1-6-7-12-25-13-16(21-19(23)27-20(2,3)4)18(15-10-8-9-11-15)26-17(22)14-24-5/h10,16,18H,6-9,11-14H2,1-5H3,(H,21,23)/t16-,18+/m0/s1. The van der Waals surface area contributed by atoms with Gasteiger partial charge in [-0.3, -0.25) is 0 Å². The van der Waals surface area contributed by atoms with Crippen LogP contribution in [0.15, 0.2) is 11.6 Å². The van der Waals surface area contributed by atoms with Crippen LogP contribution in [0.4, 0.5) is 4.79 Å². The largest absolute Gasteiger partial charge is 0.454 e. The van der Waals surface area contributed by atoms with Crippen molar-refractivity contribution in [3.63, 3.8) is 0 Å². The third-order valence-electron chi connectivity index (χ3n) is 3.97. The number of rotatable bonds is 11. The first-order chi connectivity index (χ1) is 12.8. The number of esters is 1. The van der Waals surface area contributed by atoms with Gasteiger partial charge in [-0.25, -0.2) is 9.59 Å². The lowest BCUT2D eigenvalue weighted by molar-refractivity contribution is -0.153. The third-order valence-corrected chi connectivity index (χ3v) is 3.97. The van der Waals surface area contributed by atoms with Crippen molar-refractivity contribution < 1.29 is 28.5 Å². The Hall–Kier alpha value is -1.60. The van der Waals surface area contributed by atoms with Gasteiger partial charge in [0.05, 0.1) is 12.6 Å². The van der Waals surface area contributed by atoms with E-state index in [0.29, 0.717) is 6.61 Å². The minimum absolute atomic E-state index is 0.139. The van der Waals surface area contributed by atoms with Gasteiger partial charge in [-0.2, -0.15) is 0 Å². The topological polar surface area (TPSA) is 83.1 Å². The van der Waals surface area contributed by atoms with Gasteiger partial charge in [-0.15, -0.1) is 0 Å². The van der Waals surface area contributed by atoms with E-state index in [2.05, 4.69) is 18.3 Å². The number of alkyl carbamates (subject to hydrolysis) is 1. The van der Waals surface area contributed by atoms with E-state index in [-0.39, 0.29) is 13.2 Å². The molecule has 156 valence electrons. The molecule has 0 aromatic carbocycles. The number of ether oxygens (including phenoxy) is 4. The molecule has 1 N–H and O–H groups in total. The zero-order chi connectivity index (χ0) is 20.3. The first kappa shape index (κ1) is 23.4. The van der Waals surface area contributed by atoms with E-state index in [4.69, 9.17) is 18.9 Å². The Morgan fingerprint density at radius 2 is 2.04 bits per heavy atom. The van der Waals surface area contributed by atoms with Gasteiger partial charge in [0.2, 0.25) is 0 Å². The van der Waals surface area contributed by atoms with Crippen molar-refractivity contribution in [2.24, 2.45) is 0 Å². The second kappa shape index (κ2) is 12.0. The van der Waals surface area contributed by atoms with Crippen LogP contribution in [0.5, 0.6) is 0 Å². The maximum Gasteiger partial charge on any atom is 0.408 e. The Bertz CT molecular complexity index is 497. The normalized spacial score (nSPS) is 16.4. The average molecular weight is 386 g/mol. The molecule has 0 unspecified atom stereocenters. The van der Waals surface area contributed by atoms with Crippen molar-refractivity contribution in [3.8, 4) is 0 Å². The van der Waals surface area contributed by atoms with Crippen LogP contribution in [0.25, 0.3) is 0 Å². The summed E-state index contributed by atoms with van der Waals surface area (Å²) in [7, 11) is 1.44. The molecule has 0 saturated heterocycles. The molecule has 0 aromatic rings. The summed E-state index contributed by atoms with van der Waals surface area (Å²) in [6.45, 7) is 8.17. The van der Waals surface area contributed by atoms with E-state index >= 15 is 0 Å². The zero-order valence-corrected chi connectivity index (χ0v) is 17.3. The van der Waals surface area contributed by atoms with Crippen LogP contribution >= 0.6 is 0 Å². The number of carbonyl (C=O) groups is 2. The fraction of sp³-hybridized carbons (Fsp3) is 0.800. The highest BCUT2D eigenvalue weighted by atomic mass is 16.6. The van der Waals surface area contributed by atoms with E-state index in [1.54, 1.807) is 20.8 Å². The Kier molecular flexibility index (Phi) is 10.4. The van der Waals surface area contributed by atoms with Gasteiger partial charge in [0.25, 0.3) is 0 Å². The highest BCUT2D eigenvalue weighted by Crippen LogP contribution is 2.25. The first-order valence-corrected chi connectivity index (χ1v) is 9.71. The molecule has 0 spiro atoms. The molecule has 27 heavy (non-hydrogen) atoms. The fourth-order valence-corrected chi connectivity index (χ4v) is 2.78. The Balaban J connectivity index is 2.89. The van der Waals surface area contributed by atoms with Crippen molar-refractivity contribution in [1.82, 2.24) is 5.32 Å². The second-order valence-electron chi connectivity index (χ2n) is 7.70. The molecule has 0 saturated carbocycles. The summed E-state index contributed by atoms with van der Waals surface area (Å²) in [5.41, 5.74) is 0.381. The molecule has 7 nitrogen and oxygen atoms in total. The summed E-state index contributed by atoms with van der Waals surface area (Å²) in [5.74, 6) is -0.472. The van der Waals surface area contributed by atoms with Crippen LogP contribution in [0.3, 0.4) is 0 Å². The van der Waals surface area contributed by atoms with Crippen molar-refractivity contribution in [1.29, 1.82) is 0 Å². The third kappa shape index (κ3) is 9.77. The lowest BCUT2D eigenvalue weighted by atomic mass is 10.0. The van der Waals surface area contributed by atoms with Gasteiger partial charge >= 0.3 is 12.1 Å². The quantitative estimate of drug-likeness (QED) is 0.334. The summed E-state index contributed by atoms with van der Waals surface area (Å²) in [5, 5.41) is 2.83. The predicted octanol–water partition coefficient (Wildman–Crippen LogP) is 3.36. The summed E-state index contributed by atoms with van der Waals surface area (Å²) in [6.07, 6.45) is 5.62. The summed E-state index contributed by atoms with van der Waals surface area (Å²) in [4.78, 5) is 24.4. The molecule has 2 atom stereocenters. The molecule has 0 heterocycles. The molecular weight excluding hydrogens is 350 g/mol. The molecule has 7 heteroatoms. The van der Waals surface area contributed by atoms with Crippen molar-refractivity contribution in [2.75, 3.05) is 26.9 Å². The van der Waals surface area contributed by atoms with Gasteiger partial charge in [0.15, 0.2) is 0 Å². The monoisotopic (exact) mass is 385 g/mol. The summed E-state index contributed by atoms with van der Waals surface area (Å²) >= 11 is 0. The van der Waals surface area contributed by atoms with Gasteiger partial charge in [0, 0.05) is 13.7 Å². The van der Waals surface area contributed by atoms with Gasteiger partial charge in [0.1, 0.15) is 18.3 Å². The Morgan fingerprint density at radius 1 is 1.30 bits per heavy atom. The first-order valence-electron chi connectivity index (χ1n) is 9.71. The lowest BCUT2D eigenvalue weighted by Gasteiger charge is -2.30. The second-order valence-corrected chi connectivity index (χ2v) is 7.70. The predicted molar refractivity (Wildman–Crippen MR) is 103 cm³/mol. The molecular formula is C20H35NO6. The highest BCUT2D eigenvalue weighted by Gasteiger charge is 2.32. The fourth-order valence-electron chi connectivity index (χ4n) is 2.78. The lowest BCUT2D eigenvalue weighted by Crippen LogP contribution is -2.50.